The van der Waals surface area contributed by atoms with E-state index < -0.39 is 0 Å². The van der Waals surface area contributed by atoms with E-state index in [9.17, 15) is 0 Å². The van der Waals surface area contributed by atoms with Crippen molar-refractivity contribution in [2.45, 2.75) is 12.0 Å². The first kappa shape index (κ1) is 21.2. The summed E-state index contributed by atoms with van der Waals surface area (Å²) in [6, 6.07) is 38.4. The predicted molar refractivity (Wildman–Crippen MR) is 156 cm³/mol. The van der Waals surface area contributed by atoms with Crippen molar-refractivity contribution in [3.8, 4) is 11.1 Å². The zero-order chi connectivity index (χ0) is 25.1. The van der Waals surface area contributed by atoms with Gasteiger partial charge in [-0.05, 0) is 58.7 Å². The van der Waals surface area contributed by atoms with E-state index >= 15 is 0 Å². The molecule has 2 aliphatic rings. The van der Waals surface area contributed by atoms with Crippen molar-refractivity contribution in [2.75, 3.05) is 4.90 Å². The molecule has 0 spiro atoms. The summed E-state index contributed by atoms with van der Waals surface area (Å²) in [4.78, 5) is 7.30. The number of fused-ring (bicyclic) bond motifs is 6. The average molecular weight is 489 g/mol. The first-order valence-corrected chi connectivity index (χ1v) is 13.0. The number of allylic oxidation sites excluding steroid dienone is 2. The SMILES string of the molecule is C1=CC2C(C=C1c1ccc3oc4ccccc4c3c1)c1ccccc1N2c1ccc(-c2ccccc2)cn1. The highest BCUT2D eigenvalue weighted by Crippen LogP contribution is 2.49. The van der Waals surface area contributed by atoms with Gasteiger partial charge in [0.1, 0.15) is 17.0 Å². The largest absolute Gasteiger partial charge is 0.456 e. The summed E-state index contributed by atoms with van der Waals surface area (Å²) in [5.41, 5.74) is 9.17. The molecule has 180 valence electrons. The lowest BCUT2D eigenvalue weighted by atomic mass is 9.86. The van der Waals surface area contributed by atoms with Crippen LogP contribution in [-0.2, 0) is 0 Å². The van der Waals surface area contributed by atoms with Gasteiger partial charge in [0.25, 0.3) is 0 Å². The van der Waals surface area contributed by atoms with Crippen molar-refractivity contribution >= 4 is 39.0 Å². The minimum Gasteiger partial charge on any atom is -0.456 e. The van der Waals surface area contributed by atoms with E-state index in [1.54, 1.807) is 0 Å². The minimum absolute atomic E-state index is 0.185. The Balaban J connectivity index is 1.18. The Hall–Kier alpha value is -4.89. The topological polar surface area (TPSA) is 29.3 Å². The molecule has 6 aromatic rings. The van der Waals surface area contributed by atoms with E-state index in [4.69, 9.17) is 9.40 Å². The number of para-hydroxylation sites is 2. The molecular weight excluding hydrogens is 464 g/mol. The van der Waals surface area contributed by atoms with Crippen LogP contribution < -0.4 is 4.90 Å². The predicted octanol–water partition coefficient (Wildman–Crippen LogP) is 8.91. The molecule has 0 saturated heterocycles. The molecule has 0 radical (unpaired) electrons. The van der Waals surface area contributed by atoms with Gasteiger partial charge in [-0.15, -0.1) is 0 Å². The highest BCUT2D eigenvalue weighted by atomic mass is 16.3. The van der Waals surface area contributed by atoms with Crippen molar-refractivity contribution in [3.63, 3.8) is 0 Å². The number of rotatable bonds is 3. The fraction of sp³-hybridized carbons (Fsp3) is 0.0571. The van der Waals surface area contributed by atoms with Crippen molar-refractivity contribution in [3.05, 3.63) is 145 Å². The van der Waals surface area contributed by atoms with E-state index in [2.05, 4.69) is 114 Å². The molecule has 0 bridgehead atoms. The molecule has 1 aliphatic heterocycles. The Morgan fingerprint density at radius 1 is 0.658 bits per heavy atom. The number of hydrogen-bond donors (Lipinski definition) is 0. The van der Waals surface area contributed by atoms with Crippen molar-refractivity contribution in [1.29, 1.82) is 0 Å². The molecule has 0 saturated carbocycles. The van der Waals surface area contributed by atoms with Crippen LogP contribution in [-0.4, -0.2) is 11.0 Å². The Morgan fingerprint density at radius 2 is 1.45 bits per heavy atom. The lowest BCUT2D eigenvalue weighted by Crippen LogP contribution is -2.29. The van der Waals surface area contributed by atoms with Crippen LogP contribution in [0.1, 0.15) is 17.0 Å². The van der Waals surface area contributed by atoms with E-state index in [-0.39, 0.29) is 12.0 Å². The van der Waals surface area contributed by atoms with Gasteiger partial charge in [-0.25, -0.2) is 4.98 Å². The number of hydrogen-bond acceptors (Lipinski definition) is 3. The quantitative estimate of drug-likeness (QED) is 0.249. The molecule has 3 heterocycles. The first-order valence-electron chi connectivity index (χ1n) is 13.0. The summed E-state index contributed by atoms with van der Waals surface area (Å²) in [5.74, 6) is 1.22. The molecule has 2 unspecified atom stereocenters. The van der Waals surface area contributed by atoms with Gasteiger partial charge in [0, 0.05) is 34.1 Å². The Labute approximate surface area is 221 Å². The Kier molecular flexibility index (Phi) is 4.65. The van der Waals surface area contributed by atoms with Crippen LogP contribution in [0.3, 0.4) is 0 Å². The van der Waals surface area contributed by atoms with Gasteiger partial charge in [-0.1, -0.05) is 91.0 Å². The molecule has 3 heteroatoms. The van der Waals surface area contributed by atoms with Crippen LogP contribution in [0.2, 0.25) is 0 Å². The maximum Gasteiger partial charge on any atom is 0.135 e. The molecule has 1 aliphatic carbocycles. The van der Waals surface area contributed by atoms with Gasteiger partial charge in [-0.2, -0.15) is 0 Å². The van der Waals surface area contributed by atoms with Gasteiger partial charge < -0.3 is 9.32 Å². The third kappa shape index (κ3) is 3.25. The third-order valence-corrected chi connectivity index (χ3v) is 7.87. The lowest BCUT2D eigenvalue weighted by molar-refractivity contribution is 0.669. The number of furan rings is 1. The van der Waals surface area contributed by atoms with E-state index in [0.717, 1.165) is 33.3 Å². The molecule has 2 aromatic heterocycles. The third-order valence-electron chi connectivity index (χ3n) is 7.87. The maximum atomic E-state index is 6.06. The summed E-state index contributed by atoms with van der Waals surface area (Å²) < 4.78 is 6.06. The summed E-state index contributed by atoms with van der Waals surface area (Å²) >= 11 is 0. The second kappa shape index (κ2) is 8.32. The van der Waals surface area contributed by atoms with Crippen LogP contribution in [0.4, 0.5) is 11.5 Å². The zero-order valence-corrected chi connectivity index (χ0v) is 20.7. The van der Waals surface area contributed by atoms with E-state index in [1.807, 2.05) is 24.4 Å². The monoisotopic (exact) mass is 488 g/mol. The van der Waals surface area contributed by atoms with Crippen LogP contribution in [0.15, 0.2) is 138 Å². The number of benzene rings is 4. The normalized spacial score (nSPS) is 18.0. The second-order valence-electron chi connectivity index (χ2n) is 10.0. The maximum absolute atomic E-state index is 6.06. The highest BCUT2D eigenvalue weighted by molar-refractivity contribution is 6.06. The molecule has 8 rings (SSSR count). The molecule has 2 atom stereocenters. The van der Waals surface area contributed by atoms with Crippen LogP contribution in [0.5, 0.6) is 0 Å². The standard InChI is InChI=1S/C35H24N2O/c1-2-8-23(9-3-1)26-16-19-35(36-22-26)37-31-12-6-4-10-27(31)29-20-24(14-17-32(29)37)25-15-18-34-30(21-25)28-11-5-7-13-33(28)38-34/h1-22,29,32H. The molecule has 0 N–H and O–H groups in total. The number of nitrogens with zero attached hydrogens (tertiary/aromatic N) is 2. The number of anilines is 2. The molecule has 0 amide bonds. The second-order valence-corrected chi connectivity index (χ2v) is 10.0. The van der Waals surface area contributed by atoms with E-state index in [1.165, 1.54) is 28.0 Å². The molecule has 4 aromatic carbocycles. The fourth-order valence-electron chi connectivity index (χ4n) is 6.04. The summed E-state index contributed by atoms with van der Waals surface area (Å²) in [6.07, 6.45) is 9.01. The fourth-order valence-corrected chi connectivity index (χ4v) is 6.04. The Morgan fingerprint density at radius 3 is 2.34 bits per heavy atom. The van der Waals surface area contributed by atoms with Gasteiger partial charge in [0.05, 0.1) is 6.04 Å². The molecule has 38 heavy (non-hydrogen) atoms. The van der Waals surface area contributed by atoms with Gasteiger partial charge >= 0.3 is 0 Å². The van der Waals surface area contributed by atoms with Crippen LogP contribution in [0.25, 0.3) is 38.6 Å². The van der Waals surface area contributed by atoms with Crippen LogP contribution >= 0.6 is 0 Å². The highest BCUT2D eigenvalue weighted by Gasteiger charge is 2.38. The van der Waals surface area contributed by atoms with Gasteiger partial charge in [-0.3, -0.25) is 0 Å². The molecular formula is C35H24N2O. The summed E-state index contributed by atoms with van der Waals surface area (Å²) in [5, 5.41) is 2.32. The van der Waals surface area contributed by atoms with Crippen molar-refractivity contribution in [2.24, 2.45) is 0 Å². The molecule has 3 nitrogen and oxygen atoms in total. The van der Waals surface area contributed by atoms with Crippen molar-refractivity contribution in [1.82, 2.24) is 4.98 Å². The number of pyridine rings is 1. The summed E-state index contributed by atoms with van der Waals surface area (Å²) in [7, 11) is 0. The van der Waals surface area contributed by atoms with Gasteiger partial charge in [0.15, 0.2) is 0 Å². The average Bonchev–Trinajstić information content (AvgIpc) is 3.53. The first-order chi connectivity index (χ1) is 18.8. The lowest BCUT2D eigenvalue weighted by Gasteiger charge is -2.29. The summed E-state index contributed by atoms with van der Waals surface area (Å²) in [6.45, 7) is 0. The smallest absolute Gasteiger partial charge is 0.135 e. The zero-order valence-electron chi connectivity index (χ0n) is 20.7. The number of aromatic nitrogens is 1. The van der Waals surface area contributed by atoms with Gasteiger partial charge in [0.2, 0.25) is 0 Å². The minimum atomic E-state index is 0.185. The molecule has 0 fully saturated rings. The Bertz CT molecular complexity index is 1880. The van der Waals surface area contributed by atoms with E-state index in [0.29, 0.717) is 0 Å². The van der Waals surface area contributed by atoms with Crippen molar-refractivity contribution < 1.29 is 4.42 Å². The van der Waals surface area contributed by atoms with Crippen LogP contribution in [0, 0.1) is 0 Å².